The Hall–Kier alpha value is -1.59. The molecule has 0 unspecified atom stereocenters. The summed E-state index contributed by atoms with van der Waals surface area (Å²) in [6.07, 6.45) is 1.71. The van der Waals surface area contributed by atoms with Gasteiger partial charge in [0.1, 0.15) is 11.6 Å². The SMILES string of the molecule is CN(CCSCc1nccc(N)n1)Cc1ccccc1. The molecule has 0 amide bonds. The van der Waals surface area contributed by atoms with Gasteiger partial charge < -0.3 is 10.6 Å². The van der Waals surface area contributed by atoms with E-state index in [1.807, 2.05) is 17.8 Å². The molecule has 1 aromatic heterocycles. The Labute approximate surface area is 124 Å². The minimum absolute atomic E-state index is 0.539. The maximum absolute atomic E-state index is 5.63. The molecule has 0 fully saturated rings. The molecule has 0 aliphatic rings. The average Bonchev–Trinajstić information content (AvgIpc) is 2.45. The molecule has 0 spiro atoms. The van der Waals surface area contributed by atoms with E-state index in [2.05, 4.69) is 46.2 Å². The summed E-state index contributed by atoms with van der Waals surface area (Å²) in [7, 11) is 2.14. The number of nitrogens with two attached hydrogens (primary N) is 1. The van der Waals surface area contributed by atoms with Crippen molar-refractivity contribution >= 4 is 17.6 Å². The summed E-state index contributed by atoms with van der Waals surface area (Å²) in [6, 6.07) is 12.2. The van der Waals surface area contributed by atoms with Crippen LogP contribution in [0, 0.1) is 0 Å². The predicted octanol–water partition coefficient (Wildman–Crippen LogP) is 2.42. The van der Waals surface area contributed by atoms with Gasteiger partial charge >= 0.3 is 0 Å². The first-order valence-corrected chi connectivity index (χ1v) is 7.77. The lowest BCUT2D eigenvalue weighted by atomic mass is 10.2. The molecular weight excluding hydrogens is 268 g/mol. The molecule has 0 aliphatic heterocycles. The molecule has 2 rings (SSSR count). The molecule has 20 heavy (non-hydrogen) atoms. The van der Waals surface area contributed by atoms with Crippen LogP contribution in [0.15, 0.2) is 42.6 Å². The highest BCUT2D eigenvalue weighted by molar-refractivity contribution is 7.98. The topological polar surface area (TPSA) is 55.0 Å². The number of anilines is 1. The molecule has 0 bridgehead atoms. The van der Waals surface area contributed by atoms with Gasteiger partial charge in [0.15, 0.2) is 0 Å². The summed E-state index contributed by atoms with van der Waals surface area (Å²) < 4.78 is 0. The zero-order valence-corrected chi connectivity index (χ0v) is 12.5. The summed E-state index contributed by atoms with van der Waals surface area (Å²) in [6.45, 7) is 2.03. The molecule has 5 heteroatoms. The highest BCUT2D eigenvalue weighted by Crippen LogP contribution is 2.10. The van der Waals surface area contributed by atoms with Crippen molar-refractivity contribution in [2.45, 2.75) is 12.3 Å². The van der Waals surface area contributed by atoms with Crippen molar-refractivity contribution in [3.63, 3.8) is 0 Å². The largest absolute Gasteiger partial charge is 0.384 e. The van der Waals surface area contributed by atoms with E-state index >= 15 is 0 Å². The van der Waals surface area contributed by atoms with Crippen molar-refractivity contribution in [1.29, 1.82) is 0 Å². The van der Waals surface area contributed by atoms with Gasteiger partial charge in [0.05, 0.1) is 5.75 Å². The zero-order valence-electron chi connectivity index (χ0n) is 11.7. The van der Waals surface area contributed by atoms with Gasteiger partial charge in [-0.1, -0.05) is 30.3 Å². The van der Waals surface area contributed by atoms with E-state index in [0.717, 1.165) is 30.4 Å². The average molecular weight is 288 g/mol. The maximum Gasteiger partial charge on any atom is 0.140 e. The second-order valence-electron chi connectivity index (χ2n) is 4.67. The van der Waals surface area contributed by atoms with Crippen LogP contribution >= 0.6 is 11.8 Å². The van der Waals surface area contributed by atoms with Crippen LogP contribution in [0.25, 0.3) is 0 Å². The van der Waals surface area contributed by atoms with Crippen LogP contribution in [0.5, 0.6) is 0 Å². The van der Waals surface area contributed by atoms with Crippen molar-refractivity contribution in [2.24, 2.45) is 0 Å². The molecule has 0 saturated heterocycles. The Balaban J connectivity index is 1.66. The van der Waals surface area contributed by atoms with Crippen LogP contribution in [-0.2, 0) is 12.3 Å². The first kappa shape index (κ1) is 14.8. The predicted molar refractivity (Wildman–Crippen MR) is 85.4 cm³/mol. The van der Waals surface area contributed by atoms with E-state index in [4.69, 9.17) is 5.73 Å². The van der Waals surface area contributed by atoms with E-state index < -0.39 is 0 Å². The molecule has 2 N–H and O–H groups in total. The first-order valence-electron chi connectivity index (χ1n) is 6.61. The highest BCUT2D eigenvalue weighted by atomic mass is 32.2. The van der Waals surface area contributed by atoms with E-state index in [1.54, 1.807) is 12.3 Å². The fourth-order valence-electron chi connectivity index (χ4n) is 1.84. The highest BCUT2D eigenvalue weighted by Gasteiger charge is 2.01. The van der Waals surface area contributed by atoms with Crippen molar-refractivity contribution < 1.29 is 0 Å². The Morgan fingerprint density at radius 3 is 2.75 bits per heavy atom. The number of benzene rings is 1. The smallest absolute Gasteiger partial charge is 0.140 e. The number of nitrogens with zero attached hydrogens (tertiary/aromatic N) is 3. The minimum atomic E-state index is 0.539. The van der Waals surface area contributed by atoms with Crippen LogP contribution in [0.3, 0.4) is 0 Å². The Morgan fingerprint density at radius 2 is 2.00 bits per heavy atom. The zero-order chi connectivity index (χ0) is 14.2. The van der Waals surface area contributed by atoms with E-state index in [0.29, 0.717) is 5.82 Å². The number of rotatable bonds is 7. The number of hydrogen-bond donors (Lipinski definition) is 1. The summed E-state index contributed by atoms with van der Waals surface area (Å²) in [5.41, 5.74) is 6.97. The second-order valence-corrected chi connectivity index (χ2v) is 5.78. The molecule has 0 aliphatic carbocycles. The fourth-order valence-corrected chi connectivity index (χ4v) is 2.75. The standard InChI is InChI=1S/C15H20N4S/c1-19(11-13-5-3-2-4-6-13)9-10-20-12-15-17-8-7-14(16)18-15/h2-8H,9-12H2,1H3,(H2,16,17,18). The normalized spacial score (nSPS) is 10.9. The minimum Gasteiger partial charge on any atom is -0.384 e. The molecule has 106 valence electrons. The molecular formula is C15H20N4S. The summed E-state index contributed by atoms with van der Waals surface area (Å²) in [5.74, 6) is 3.21. The molecule has 0 saturated carbocycles. The van der Waals surface area contributed by atoms with Crippen molar-refractivity contribution in [2.75, 3.05) is 25.1 Å². The lowest BCUT2D eigenvalue weighted by Gasteiger charge is -2.16. The van der Waals surface area contributed by atoms with Crippen molar-refractivity contribution in [1.82, 2.24) is 14.9 Å². The quantitative estimate of drug-likeness (QED) is 0.793. The van der Waals surface area contributed by atoms with Crippen molar-refractivity contribution in [3.05, 3.63) is 54.0 Å². The van der Waals surface area contributed by atoms with Gasteiger partial charge in [-0.2, -0.15) is 11.8 Å². The summed E-state index contributed by atoms with van der Waals surface area (Å²) in [4.78, 5) is 10.7. The summed E-state index contributed by atoms with van der Waals surface area (Å²) in [5, 5.41) is 0. The van der Waals surface area contributed by atoms with Crippen molar-refractivity contribution in [3.8, 4) is 0 Å². The number of nitrogen functional groups attached to an aromatic ring is 1. The third-order valence-electron chi connectivity index (χ3n) is 2.87. The van der Waals surface area contributed by atoms with Crippen LogP contribution in [0.4, 0.5) is 5.82 Å². The molecule has 1 heterocycles. The molecule has 0 radical (unpaired) electrons. The number of thioether (sulfide) groups is 1. The number of aromatic nitrogens is 2. The van der Waals surface area contributed by atoms with Gasteiger partial charge in [0, 0.05) is 25.0 Å². The van der Waals surface area contributed by atoms with E-state index in [9.17, 15) is 0 Å². The van der Waals surface area contributed by atoms with Gasteiger partial charge in [-0.15, -0.1) is 0 Å². The fraction of sp³-hybridized carbons (Fsp3) is 0.333. The van der Waals surface area contributed by atoms with Crippen LogP contribution in [0.2, 0.25) is 0 Å². The van der Waals surface area contributed by atoms with Crippen LogP contribution < -0.4 is 5.73 Å². The van der Waals surface area contributed by atoms with Gasteiger partial charge in [0.2, 0.25) is 0 Å². The van der Waals surface area contributed by atoms with Gasteiger partial charge in [-0.05, 0) is 18.7 Å². The lowest BCUT2D eigenvalue weighted by Crippen LogP contribution is -2.20. The van der Waals surface area contributed by atoms with Gasteiger partial charge in [-0.25, -0.2) is 9.97 Å². The molecule has 0 atom stereocenters. The maximum atomic E-state index is 5.63. The monoisotopic (exact) mass is 288 g/mol. The first-order chi connectivity index (χ1) is 9.74. The van der Waals surface area contributed by atoms with Gasteiger partial charge in [-0.3, -0.25) is 0 Å². The Morgan fingerprint density at radius 1 is 1.20 bits per heavy atom. The van der Waals surface area contributed by atoms with Gasteiger partial charge in [0.25, 0.3) is 0 Å². The third-order valence-corrected chi connectivity index (χ3v) is 3.80. The molecule has 4 nitrogen and oxygen atoms in total. The van der Waals surface area contributed by atoms with E-state index in [1.165, 1.54) is 5.56 Å². The number of hydrogen-bond acceptors (Lipinski definition) is 5. The second kappa shape index (κ2) is 7.87. The van der Waals surface area contributed by atoms with Crippen LogP contribution in [0.1, 0.15) is 11.4 Å². The lowest BCUT2D eigenvalue weighted by molar-refractivity contribution is 0.348. The summed E-state index contributed by atoms with van der Waals surface area (Å²) >= 11 is 1.83. The molecule has 1 aromatic carbocycles. The third kappa shape index (κ3) is 5.19. The Kier molecular flexibility index (Phi) is 5.83. The Bertz CT molecular complexity index is 518. The molecule has 2 aromatic rings. The van der Waals surface area contributed by atoms with Crippen LogP contribution in [-0.4, -0.2) is 34.2 Å². The van der Waals surface area contributed by atoms with E-state index in [-0.39, 0.29) is 0 Å².